The predicted molar refractivity (Wildman–Crippen MR) is 132 cm³/mol. The van der Waals surface area contributed by atoms with E-state index in [9.17, 15) is 9.18 Å². The molecule has 0 amide bonds. The fourth-order valence-electron chi connectivity index (χ4n) is 4.32. The van der Waals surface area contributed by atoms with Gasteiger partial charge in [-0.2, -0.15) is 0 Å². The minimum atomic E-state index is -0.286. The molecule has 0 aliphatic carbocycles. The number of carbonyl (C=O) groups excluding carboxylic acids is 1. The second-order valence-electron chi connectivity index (χ2n) is 8.80. The van der Waals surface area contributed by atoms with Gasteiger partial charge < -0.3 is 18.9 Å². The summed E-state index contributed by atoms with van der Waals surface area (Å²) in [5.41, 5.74) is 4.54. The average molecular weight is 479 g/mol. The van der Waals surface area contributed by atoms with Gasteiger partial charge in [-0.3, -0.25) is 4.79 Å². The molecule has 0 saturated heterocycles. The summed E-state index contributed by atoms with van der Waals surface area (Å²) < 4.78 is 36.1. The first-order valence-corrected chi connectivity index (χ1v) is 11.9. The lowest BCUT2D eigenvalue weighted by molar-refractivity contribution is -0.145. The van der Waals surface area contributed by atoms with Gasteiger partial charge in [-0.05, 0) is 65.3 Å². The molecule has 0 spiro atoms. The molecule has 184 valence electrons. The molecule has 35 heavy (non-hydrogen) atoms. The SMILES string of the molecule is COCCOC(=O)CC(C)c1ccc2c(c1)OC(c1ccc(-c3cc(OC)ccc3F)cc1)CC2. The van der Waals surface area contributed by atoms with Crippen LogP contribution in [0.3, 0.4) is 0 Å². The van der Waals surface area contributed by atoms with Crippen molar-refractivity contribution in [2.24, 2.45) is 0 Å². The number of methoxy groups -OCH3 is 2. The summed E-state index contributed by atoms with van der Waals surface area (Å²) in [5, 5.41) is 0. The standard InChI is InChI=1S/C29H31FO5/c1-19(16-29(31)34-15-14-32-2)23-9-8-22-10-13-27(35-28(22)17-23)21-6-4-20(5-7-21)25-18-24(33-3)11-12-26(25)30/h4-9,11-12,17-19,27H,10,13-16H2,1-3H3. The van der Waals surface area contributed by atoms with Crippen LogP contribution in [0.25, 0.3) is 11.1 Å². The second kappa shape index (κ2) is 11.4. The summed E-state index contributed by atoms with van der Waals surface area (Å²) in [6.07, 6.45) is 1.98. The number of ether oxygens (including phenoxy) is 4. The molecule has 3 aromatic rings. The molecule has 0 N–H and O–H groups in total. The molecule has 0 fully saturated rings. The Labute approximate surface area is 205 Å². The maximum Gasteiger partial charge on any atom is 0.306 e. The van der Waals surface area contributed by atoms with E-state index in [0.29, 0.717) is 24.3 Å². The van der Waals surface area contributed by atoms with Gasteiger partial charge in [0.1, 0.15) is 30.0 Å². The van der Waals surface area contributed by atoms with E-state index in [1.807, 2.05) is 37.3 Å². The van der Waals surface area contributed by atoms with E-state index < -0.39 is 0 Å². The van der Waals surface area contributed by atoms with Crippen LogP contribution in [0.2, 0.25) is 0 Å². The van der Waals surface area contributed by atoms with Crippen molar-refractivity contribution in [1.29, 1.82) is 0 Å². The highest BCUT2D eigenvalue weighted by Crippen LogP contribution is 2.38. The average Bonchev–Trinajstić information content (AvgIpc) is 2.88. The van der Waals surface area contributed by atoms with Crippen LogP contribution in [0, 0.1) is 5.82 Å². The van der Waals surface area contributed by atoms with Gasteiger partial charge in [-0.25, -0.2) is 4.39 Å². The number of halogens is 1. The van der Waals surface area contributed by atoms with Crippen LogP contribution in [0.4, 0.5) is 4.39 Å². The quantitative estimate of drug-likeness (QED) is 0.269. The van der Waals surface area contributed by atoms with E-state index in [1.54, 1.807) is 26.4 Å². The van der Waals surface area contributed by atoms with E-state index in [0.717, 1.165) is 40.8 Å². The minimum absolute atomic E-state index is 0.0105. The first kappa shape index (κ1) is 24.7. The lowest BCUT2D eigenvalue weighted by atomic mass is 9.92. The zero-order valence-corrected chi connectivity index (χ0v) is 20.4. The van der Waals surface area contributed by atoms with Crippen LogP contribution < -0.4 is 9.47 Å². The molecule has 0 aromatic heterocycles. The van der Waals surface area contributed by atoms with Crippen molar-refractivity contribution in [2.45, 2.75) is 38.2 Å². The van der Waals surface area contributed by atoms with Crippen LogP contribution in [0.5, 0.6) is 11.5 Å². The Balaban J connectivity index is 1.45. The number of rotatable bonds is 9. The van der Waals surface area contributed by atoms with Crippen LogP contribution in [0.15, 0.2) is 60.7 Å². The van der Waals surface area contributed by atoms with Gasteiger partial charge in [0.15, 0.2) is 0 Å². The number of benzene rings is 3. The van der Waals surface area contributed by atoms with Gasteiger partial charge in [0.2, 0.25) is 0 Å². The summed E-state index contributed by atoms with van der Waals surface area (Å²) in [7, 11) is 3.14. The third kappa shape index (κ3) is 6.01. The van der Waals surface area contributed by atoms with Crippen molar-refractivity contribution in [3.8, 4) is 22.6 Å². The normalized spacial score (nSPS) is 15.6. The lowest BCUT2D eigenvalue weighted by Crippen LogP contribution is -2.16. The molecule has 6 heteroatoms. The van der Waals surface area contributed by atoms with Gasteiger partial charge in [0, 0.05) is 12.7 Å². The summed E-state index contributed by atoms with van der Waals surface area (Å²) >= 11 is 0. The Bertz CT molecular complexity index is 1160. The number of aryl methyl sites for hydroxylation is 1. The summed E-state index contributed by atoms with van der Waals surface area (Å²) in [5.74, 6) is 0.952. The Morgan fingerprint density at radius 1 is 1.06 bits per heavy atom. The third-order valence-corrected chi connectivity index (χ3v) is 6.40. The van der Waals surface area contributed by atoms with Crippen molar-refractivity contribution in [1.82, 2.24) is 0 Å². The van der Waals surface area contributed by atoms with E-state index in [2.05, 4.69) is 12.1 Å². The Morgan fingerprint density at radius 3 is 2.60 bits per heavy atom. The van der Waals surface area contributed by atoms with Gasteiger partial charge in [-0.15, -0.1) is 0 Å². The Kier molecular flexibility index (Phi) is 8.03. The van der Waals surface area contributed by atoms with Gasteiger partial charge >= 0.3 is 5.97 Å². The molecule has 0 saturated carbocycles. The largest absolute Gasteiger partial charge is 0.497 e. The highest BCUT2D eigenvalue weighted by Gasteiger charge is 2.23. The van der Waals surface area contributed by atoms with Crippen LogP contribution in [-0.2, 0) is 20.7 Å². The first-order chi connectivity index (χ1) is 17.0. The third-order valence-electron chi connectivity index (χ3n) is 6.40. The number of hydrogen-bond donors (Lipinski definition) is 0. The number of carbonyl (C=O) groups is 1. The topological polar surface area (TPSA) is 54.0 Å². The number of fused-ring (bicyclic) bond motifs is 1. The zero-order chi connectivity index (χ0) is 24.8. The van der Waals surface area contributed by atoms with E-state index in [4.69, 9.17) is 18.9 Å². The molecule has 1 heterocycles. The van der Waals surface area contributed by atoms with Crippen LogP contribution in [0.1, 0.15) is 48.5 Å². The van der Waals surface area contributed by atoms with E-state index >= 15 is 0 Å². The lowest BCUT2D eigenvalue weighted by Gasteiger charge is -2.27. The first-order valence-electron chi connectivity index (χ1n) is 11.9. The molecule has 0 bridgehead atoms. The van der Waals surface area contributed by atoms with E-state index in [-0.39, 0.29) is 30.4 Å². The summed E-state index contributed by atoms with van der Waals surface area (Å²) in [6.45, 7) is 2.67. The van der Waals surface area contributed by atoms with Gasteiger partial charge in [0.05, 0.1) is 20.1 Å². The molecule has 4 rings (SSSR count). The number of esters is 1. The predicted octanol–water partition coefficient (Wildman–Crippen LogP) is 6.25. The second-order valence-corrected chi connectivity index (χ2v) is 8.80. The molecule has 2 atom stereocenters. The van der Waals surface area contributed by atoms with E-state index in [1.165, 1.54) is 6.07 Å². The van der Waals surface area contributed by atoms with Crippen LogP contribution in [-0.4, -0.2) is 33.4 Å². The molecule has 1 aliphatic rings. The number of hydrogen-bond acceptors (Lipinski definition) is 5. The molecule has 2 unspecified atom stereocenters. The van der Waals surface area contributed by atoms with Gasteiger partial charge in [-0.1, -0.05) is 43.3 Å². The Hall–Kier alpha value is -3.38. The molecule has 1 aliphatic heterocycles. The highest BCUT2D eigenvalue weighted by molar-refractivity contribution is 5.70. The van der Waals surface area contributed by atoms with Gasteiger partial charge in [0.25, 0.3) is 0 Å². The van der Waals surface area contributed by atoms with Crippen molar-refractivity contribution in [3.63, 3.8) is 0 Å². The van der Waals surface area contributed by atoms with Crippen molar-refractivity contribution >= 4 is 5.97 Å². The van der Waals surface area contributed by atoms with Crippen molar-refractivity contribution < 1.29 is 28.1 Å². The summed E-state index contributed by atoms with van der Waals surface area (Å²) in [4.78, 5) is 12.1. The monoisotopic (exact) mass is 478 g/mol. The van der Waals surface area contributed by atoms with Crippen molar-refractivity contribution in [2.75, 3.05) is 27.4 Å². The fraction of sp³-hybridized carbons (Fsp3) is 0.345. The zero-order valence-electron chi connectivity index (χ0n) is 20.4. The molecular weight excluding hydrogens is 447 g/mol. The molecule has 0 radical (unpaired) electrons. The smallest absolute Gasteiger partial charge is 0.306 e. The molecule has 5 nitrogen and oxygen atoms in total. The van der Waals surface area contributed by atoms with Crippen LogP contribution >= 0.6 is 0 Å². The fourth-order valence-corrected chi connectivity index (χ4v) is 4.32. The van der Waals surface area contributed by atoms with Crippen molar-refractivity contribution in [3.05, 3.63) is 83.2 Å². The molecule has 3 aromatic carbocycles. The minimum Gasteiger partial charge on any atom is -0.497 e. The highest BCUT2D eigenvalue weighted by atomic mass is 19.1. The molecular formula is C29H31FO5. The summed E-state index contributed by atoms with van der Waals surface area (Å²) in [6, 6.07) is 18.7. The maximum absolute atomic E-state index is 14.4. The maximum atomic E-state index is 14.4. The Morgan fingerprint density at radius 2 is 1.86 bits per heavy atom.